The molecule has 4 nitrogen and oxygen atoms in total. The van der Waals surface area contributed by atoms with E-state index in [9.17, 15) is 4.79 Å². The van der Waals surface area contributed by atoms with Crippen LogP contribution in [0.3, 0.4) is 0 Å². The number of hydrogen-bond acceptors (Lipinski definition) is 3. The van der Waals surface area contributed by atoms with E-state index in [1.807, 2.05) is 13.8 Å². The number of rotatable bonds is 2. The minimum Gasteiger partial charge on any atom is -0.375 e. The summed E-state index contributed by atoms with van der Waals surface area (Å²) in [5.41, 5.74) is 0. The van der Waals surface area contributed by atoms with Gasteiger partial charge in [0.1, 0.15) is 12.9 Å². The molecule has 0 N–H and O–H groups in total. The Labute approximate surface area is 72.2 Å². The van der Waals surface area contributed by atoms with E-state index in [0.717, 1.165) is 0 Å². The highest BCUT2D eigenvalue weighted by molar-refractivity contribution is 5.79. The third kappa shape index (κ3) is 3.30. The fourth-order valence-electron chi connectivity index (χ4n) is 0.605. The van der Waals surface area contributed by atoms with Crippen LogP contribution >= 0.6 is 0 Å². The Bertz CT molecular complexity index is 207. The van der Waals surface area contributed by atoms with Crippen molar-refractivity contribution in [3.05, 3.63) is 18.7 Å². The van der Waals surface area contributed by atoms with E-state index in [-0.39, 0.29) is 12.5 Å². The first-order chi connectivity index (χ1) is 5.84. The van der Waals surface area contributed by atoms with E-state index in [1.54, 1.807) is 12.4 Å². The highest BCUT2D eigenvalue weighted by Gasteiger charge is 2.00. The van der Waals surface area contributed by atoms with Crippen LogP contribution in [0.5, 0.6) is 0 Å². The maximum atomic E-state index is 10.9. The molecule has 68 valence electrons. The molecule has 0 spiro atoms. The van der Waals surface area contributed by atoms with Gasteiger partial charge in [-0.1, -0.05) is 13.8 Å². The number of methoxy groups -OCH3 is 1. The molecule has 1 aromatic rings. The monoisotopic (exact) mass is 170 g/mol. The summed E-state index contributed by atoms with van der Waals surface area (Å²) < 4.78 is 6.01. The second-order valence-corrected chi connectivity index (χ2v) is 1.80. The van der Waals surface area contributed by atoms with Gasteiger partial charge in [-0.15, -0.1) is 0 Å². The number of carbonyl (C=O) groups excluding carboxylic acids is 1. The van der Waals surface area contributed by atoms with Gasteiger partial charge in [0.2, 0.25) is 0 Å². The second-order valence-electron chi connectivity index (χ2n) is 1.80. The molecule has 0 aromatic carbocycles. The average molecular weight is 170 g/mol. The number of ether oxygens (including phenoxy) is 1. The first-order valence-electron chi connectivity index (χ1n) is 3.84. The Morgan fingerprint density at radius 3 is 2.67 bits per heavy atom. The SMILES string of the molecule is CC.COCC(=O)n1ccnc1. The topological polar surface area (TPSA) is 44.1 Å². The van der Waals surface area contributed by atoms with E-state index in [2.05, 4.69) is 9.72 Å². The Kier molecular flexibility index (Phi) is 5.91. The lowest BCUT2D eigenvalue weighted by Gasteiger charge is -1.96. The van der Waals surface area contributed by atoms with E-state index in [4.69, 9.17) is 0 Å². The van der Waals surface area contributed by atoms with E-state index < -0.39 is 0 Å². The zero-order chi connectivity index (χ0) is 9.40. The average Bonchev–Trinajstić information content (AvgIpc) is 2.60. The first-order valence-corrected chi connectivity index (χ1v) is 3.84. The molecule has 0 radical (unpaired) electrons. The van der Waals surface area contributed by atoms with Crippen molar-refractivity contribution in [3.63, 3.8) is 0 Å². The van der Waals surface area contributed by atoms with Crippen LogP contribution in [0.25, 0.3) is 0 Å². The standard InChI is InChI=1S/C6H8N2O2.C2H6/c1-10-4-6(9)8-3-2-7-5-8;1-2/h2-3,5H,4H2,1H3;1-2H3. The molecule has 0 bridgehead atoms. The molecule has 0 unspecified atom stereocenters. The molecule has 1 rings (SSSR count). The van der Waals surface area contributed by atoms with Crippen LogP contribution in [-0.2, 0) is 4.74 Å². The third-order valence-electron chi connectivity index (χ3n) is 1.06. The van der Waals surface area contributed by atoms with Gasteiger partial charge in [-0.05, 0) is 0 Å². The second kappa shape index (κ2) is 6.54. The summed E-state index contributed by atoms with van der Waals surface area (Å²) in [6.07, 6.45) is 4.58. The van der Waals surface area contributed by atoms with Gasteiger partial charge in [0.05, 0.1) is 0 Å². The Morgan fingerprint density at radius 1 is 1.58 bits per heavy atom. The molecule has 0 saturated heterocycles. The highest BCUT2D eigenvalue weighted by atomic mass is 16.5. The zero-order valence-electron chi connectivity index (χ0n) is 7.65. The molecule has 12 heavy (non-hydrogen) atoms. The summed E-state index contributed by atoms with van der Waals surface area (Å²) in [5, 5.41) is 0. The quantitative estimate of drug-likeness (QED) is 0.669. The van der Waals surface area contributed by atoms with Crippen molar-refractivity contribution in [2.75, 3.05) is 13.7 Å². The van der Waals surface area contributed by atoms with Gasteiger partial charge in [0, 0.05) is 19.5 Å². The van der Waals surface area contributed by atoms with Gasteiger partial charge in [-0.3, -0.25) is 9.36 Å². The molecular formula is C8H14N2O2. The number of aromatic nitrogens is 2. The lowest BCUT2D eigenvalue weighted by Crippen LogP contribution is -2.14. The summed E-state index contributed by atoms with van der Waals surface area (Å²) in [5.74, 6) is -0.111. The minimum atomic E-state index is -0.111. The lowest BCUT2D eigenvalue weighted by molar-refractivity contribution is 0.0761. The first kappa shape index (κ1) is 10.8. The number of carbonyl (C=O) groups is 1. The maximum absolute atomic E-state index is 10.9. The van der Waals surface area contributed by atoms with Gasteiger partial charge < -0.3 is 4.74 Å². The lowest BCUT2D eigenvalue weighted by atomic mass is 10.6. The number of imidazole rings is 1. The Hall–Kier alpha value is -1.16. The van der Waals surface area contributed by atoms with Gasteiger partial charge in [0.15, 0.2) is 0 Å². The van der Waals surface area contributed by atoms with Crippen molar-refractivity contribution in [2.24, 2.45) is 0 Å². The molecule has 1 heterocycles. The number of hydrogen-bond donors (Lipinski definition) is 0. The van der Waals surface area contributed by atoms with Crippen molar-refractivity contribution in [1.82, 2.24) is 9.55 Å². The Morgan fingerprint density at radius 2 is 2.25 bits per heavy atom. The molecule has 0 aliphatic heterocycles. The smallest absolute Gasteiger partial charge is 0.257 e. The summed E-state index contributed by atoms with van der Waals surface area (Å²) in [6.45, 7) is 4.09. The molecule has 0 amide bonds. The summed E-state index contributed by atoms with van der Waals surface area (Å²) in [6, 6.07) is 0. The predicted octanol–water partition coefficient (Wildman–Crippen LogP) is 1.20. The molecule has 1 aromatic heterocycles. The predicted molar refractivity (Wildman–Crippen MR) is 46.1 cm³/mol. The molecule has 0 atom stereocenters. The van der Waals surface area contributed by atoms with Crippen LogP contribution in [0.1, 0.15) is 18.6 Å². The largest absolute Gasteiger partial charge is 0.375 e. The fraction of sp³-hybridized carbons (Fsp3) is 0.500. The van der Waals surface area contributed by atoms with Crippen molar-refractivity contribution in [1.29, 1.82) is 0 Å². The van der Waals surface area contributed by atoms with Crippen molar-refractivity contribution < 1.29 is 9.53 Å². The molecular weight excluding hydrogens is 156 g/mol. The van der Waals surface area contributed by atoms with Crippen molar-refractivity contribution in [2.45, 2.75) is 13.8 Å². The molecule has 0 fully saturated rings. The van der Waals surface area contributed by atoms with Gasteiger partial charge in [-0.25, -0.2) is 4.98 Å². The summed E-state index contributed by atoms with van der Waals surface area (Å²) in [4.78, 5) is 14.6. The van der Waals surface area contributed by atoms with E-state index in [0.29, 0.717) is 0 Å². The van der Waals surface area contributed by atoms with Crippen LogP contribution in [0.2, 0.25) is 0 Å². The van der Waals surface area contributed by atoms with E-state index >= 15 is 0 Å². The Balaban J connectivity index is 0.000000561. The summed E-state index contributed by atoms with van der Waals surface area (Å²) >= 11 is 0. The molecule has 0 saturated carbocycles. The van der Waals surface area contributed by atoms with Crippen molar-refractivity contribution in [3.8, 4) is 0 Å². The van der Waals surface area contributed by atoms with Crippen molar-refractivity contribution >= 4 is 5.91 Å². The molecule has 0 aliphatic rings. The summed E-state index contributed by atoms with van der Waals surface area (Å²) in [7, 11) is 1.48. The van der Waals surface area contributed by atoms with Crippen LogP contribution in [0.15, 0.2) is 18.7 Å². The molecule has 4 heteroatoms. The van der Waals surface area contributed by atoms with Crippen LogP contribution in [-0.4, -0.2) is 29.2 Å². The third-order valence-corrected chi connectivity index (χ3v) is 1.06. The number of nitrogens with zero attached hydrogens (tertiary/aromatic N) is 2. The van der Waals surface area contributed by atoms with Crippen LogP contribution < -0.4 is 0 Å². The van der Waals surface area contributed by atoms with Crippen LogP contribution in [0.4, 0.5) is 0 Å². The maximum Gasteiger partial charge on any atom is 0.257 e. The highest BCUT2D eigenvalue weighted by Crippen LogP contribution is 1.85. The van der Waals surface area contributed by atoms with E-state index in [1.165, 1.54) is 18.0 Å². The van der Waals surface area contributed by atoms with Gasteiger partial charge in [-0.2, -0.15) is 0 Å². The van der Waals surface area contributed by atoms with Gasteiger partial charge in [0.25, 0.3) is 5.91 Å². The zero-order valence-corrected chi connectivity index (χ0v) is 7.65. The minimum absolute atomic E-state index is 0.0936. The van der Waals surface area contributed by atoms with Crippen LogP contribution in [0, 0.1) is 0 Å². The normalized spacial score (nSPS) is 8.58. The molecule has 0 aliphatic carbocycles. The van der Waals surface area contributed by atoms with Gasteiger partial charge >= 0.3 is 0 Å². The fourth-order valence-corrected chi connectivity index (χ4v) is 0.605.